The Morgan fingerprint density at radius 1 is 1.03 bits per heavy atom. The van der Waals surface area contributed by atoms with E-state index < -0.39 is 17.7 Å². The normalized spacial score (nSPS) is 11.3. The molecule has 0 bridgehead atoms. The van der Waals surface area contributed by atoms with Crippen LogP contribution in [0.5, 0.6) is 11.5 Å². The van der Waals surface area contributed by atoms with Crippen molar-refractivity contribution in [3.8, 4) is 22.8 Å². The zero-order valence-electron chi connectivity index (χ0n) is 16.5. The molecule has 0 aliphatic heterocycles. The van der Waals surface area contributed by atoms with Gasteiger partial charge in [-0.15, -0.1) is 0 Å². The topological polar surface area (TPSA) is 57.9 Å². The van der Waals surface area contributed by atoms with Crippen LogP contribution in [0.2, 0.25) is 0 Å². The van der Waals surface area contributed by atoms with E-state index in [4.69, 9.17) is 14.0 Å². The van der Waals surface area contributed by atoms with E-state index in [0.717, 1.165) is 17.7 Å². The molecule has 8 heteroatoms. The molecule has 0 radical (unpaired) electrons. The average Bonchev–Trinajstić information content (AvgIpc) is 3.05. The van der Waals surface area contributed by atoms with Gasteiger partial charge < -0.3 is 9.15 Å². The van der Waals surface area contributed by atoms with E-state index in [1.165, 1.54) is 19.1 Å². The third kappa shape index (κ3) is 5.14. The van der Waals surface area contributed by atoms with Crippen molar-refractivity contribution in [3.05, 3.63) is 71.0 Å². The lowest BCUT2D eigenvalue weighted by Gasteiger charge is -2.09. The highest BCUT2D eigenvalue weighted by atomic mass is 19.4. The van der Waals surface area contributed by atoms with Crippen LogP contribution in [-0.4, -0.2) is 5.97 Å². The SMILES string of the molecule is CC(=O)OOc1ccc(OCc2cc(-c3ccc(C(F)(F)F)cc3)oc2C)cc1C. The summed E-state index contributed by atoms with van der Waals surface area (Å²) in [5.41, 5.74) is 1.31. The summed E-state index contributed by atoms with van der Waals surface area (Å²) >= 11 is 0. The summed E-state index contributed by atoms with van der Waals surface area (Å²) in [5.74, 6) is 1.47. The van der Waals surface area contributed by atoms with Crippen LogP contribution in [0, 0.1) is 13.8 Å². The summed E-state index contributed by atoms with van der Waals surface area (Å²) in [6, 6.07) is 11.5. The first-order valence-electron chi connectivity index (χ1n) is 8.99. The number of benzene rings is 2. The molecule has 0 saturated heterocycles. The molecule has 0 aliphatic rings. The molecule has 1 heterocycles. The zero-order chi connectivity index (χ0) is 21.9. The van der Waals surface area contributed by atoms with Gasteiger partial charge in [0.15, 0.2) is 5.75 Å². The first-order chi connectivity index (χ1) is 14.1. The lowest BCUT2D eigenvalue weighted by atomic mass is 10.1. The average molecular weight is 420 g/mol. The highest BCUT2D eigenvalue weighted by molar-refractivity contribution is 5.65. The largest absolute Gasteiger partial charge is 0.489 e. The fourth-order valence-corrected chi connectivity index (χ4v) is 2.70. The highest BCUT2D eigenvalue weighted by Gasteiger charge is 2.30. The van der Waals surface area contributed by atoms with Crippen molar-refractivity contribution < 1.29 is 36.9 Å². The molecule has 0 saturated carbocycles. The van der Waals surface area contributed by atoms with Gasteiger partial charge in [-0.1, -0.05) is 12.1 Å². The van der Waals surface area contributed by atoms with Gasteiger partial charge in [0.05, 0.1) is 5.56 Å². The zero-order valence-corrected chi connectivity index (χ0v) is 16.5. The Morgan fingerprint density at radius 3 is 2.33 bits per heavy atom. The maximum Gasteiger partial charge on any atom is 0.416 e. The van der Waals surface area contributed by atoms with Crippen molar-refractivity contribution in [2.24, 2.45) is 0 Å². The van der Waals surface area contributed by atoms with Crippen LogP contribution in [-0.2, 0) is 22.5 Å². The molecule has 0 aliphatic carbocycles. The second-order valence-electron chi connectivity index (χ2n) is 6.64. The molecule has 30 heavy (non-hydrogen) atoms. The Balaban J connectivity index is 1.68. The van der Waals surface area contributed by atoms with Crippen LogP contribution >= 0.6 is 0 Å². The monoisotopic (exact) mass is 420 g/mol. The van der Waals surface area contributed by atoms with Crippen LogP contribution in [0.4, 0.5) is 13.2 Å². The maximum atomic E-state index is 12.7. The molecule has 3 rings (SSSR count). The van der Waals surface area contributed by atoms with E-state index in [9.17, 15) is 18.0 Å². The van der Waals surface area contributed by atoms with Gasteiger partial charge in [-0.05, 0) is 50.2 Å². The first kappa shape index (κ1) is 21.3. The first-order valence-corrected chi connectivity index (χ1v) is 8.99. The van der Waals surface area contributed by atoms with Crippen molar-refractivity contribution in [1.29, 1.82) is 0 Å². The summed E-state index contributed by atoms with van der Waals surface area (Å²) in [4.78, 5) is 20.3. The van der Waals surface area contributed by atoms with E-state index in [1.807, 2.05) is 0 Å². The van der Waals surface area contributed by atoms with Gasteiger partial charge in [0.25, 0.3) is 0 Å². The van der Waals surface area contributed by atoms with E-state index in [2.05, 4.69) is 4.89 Å². The van der Waals surface area contributed by atoms with Gasteiger partial charge >= 0.3 is 12.1 Å². The number of aryl methyl sites for hydroxylation is 2. The number of halogens is 3. The molecule has 158 valence electrons. The van der Waals surface area contributed by atoms with Gasteiger partial charge in [-0.3, -0.25) is 9.78 Å². The number of rotatable bonds is 6. The summed E-state index contributed by atoms with van der Waals surface area (Å²) in [6.45, 7) is 4.98. The predicted octanol–water partition coefficient (Wildman–Crippen LogP) is 6.02. The van der Waals surface area contributed by atoms with E-state index in [1.54, 1.807) is 38.1 Å². The summed E-state index contributed by atoms with van der Waals surface area (Å²) in [6.07, 6.45) is -4.38. The Hall–Kier alpha value is -3.42. The number of alkyl halides is 3. The number of furan rings is 1. The van der Waals surface area contributed by atoms with Crippen molar-refractivity contribution in [2.45, 2.75) is 33.6 Å². The smallest absolute Gasteiger partial charge is 0.416 e. The minimum Gasteiger partial charge on any atom is -0.489 e. The van der Waals surface area contributed by atoms with Crippen LogP contribution in [0.3, 0.4) is 0 Å². The predicted molar refractivity (Wildman–Crippen MR) is 102 cm³/mol. The standard InChI is InChI=1S/C22H19F3O5/c1-13-10-19(8-9-20(13)30-29-15(3)26)27-12-17-11-21(28-14(17)2)16-4-6-18(7-5-16)22(23,24)25/h4-11H,12H2,1-3H3. The Morgan fingerprint density at radius 2 is 1.73 bits per heavy atom. The van der Waals surface area contributed by atoms with E-state index in [0.29, 0.717) is 34.1 Å². The molecule has 0 fully saturated rings. The summed E-state index contributed by atoms with van der Waals surface area (Å²) in [5, 5.41) is 0. The molecule has 0 atom stereocenters. The molecule has 0 unspecified atom stereocenters. The van der Waals surface area contributed by atoms with Gasteiger partial charge in [0, 0.05) is 23.6 Å². The lowest BCUT2D eigenvalue weighted by Crippen LogP contribution is -2.04. The van der Waals surface area contributed by atoms with Crippen LogP contribution in [0.15, 0.2) is 52.9 Å². The second kappa shape index (κ2) is 8.52. The number of hydrogen-bond acceptors (Lipinski definition) is 5. The number of carbonyl (C=O) groups excluding carboxylic acids is 1. The Labute approximate surface area is 170 Å². The molecular formula is C22H19F3O5. The van der Waals surface area contributed by atoms with Gasteiger partial charge in [0.1, 0.15) is 23.9 Å². The quantitative estimate of drug-likeness (QED) is 0.361. The number of ether oxygens (including phenoxy) is 1. The van der Waals surface area contributed by atoms with Gasteiger partial charge in [0.2, 0.25) is 0 Å². The number of carbonyl (C=O) groups is 1. The van der Waals surface area contributed by atoms with Crippen LogP contribution < -0.4 is 9.62 Å². The second-order valence-corrected chi connectivity index (χ2v) is 6.64. The molecule has 0 amide bonds. The van der Waals surface area contributed by atoms with Crippen molar-refractivity contribution in [2.75, 3.05) is 0 Å². The van der Waals surface area contributed by atoms with E-state index >= 15 is 0 Å². The molecule has 1 aromatic heterocycles. The Bertz CT molecular complexity index is 1040. The third-order valence-electron chi connectivity index (χ3n) is 4.31. The summed E-state index contributed by atoms with van der Waals surface area (Å²) in [7, 11) is 0. The molecule has 5 nitrogen and oxygen atoms in total. The van der Waals surface area contributed by atoms with Crippen molar-refractivity contribution in [1.82, 2.24) is 0 Å². The molecule has 0 N–H and O–H groups in total. The van der Waals surface area contributed by atoms with Crippen LogP contribution in [0.1, 0.15) is 29.4 Å². The third-order valence-corrected chi connectivity index (χ3v) is 4.31. The van der Waals surface area contributed by atoms with Crippen molar-refractivity contribution >= 4 is 5.97 Å². The number of hydrogen-bond donors (Lipinski definition) is 0. The fourth-order valence-electron chi connectivity index (χ4n) is 2.70. The van der Waals surface area contributed by atoms with Gasteiger partial charge in [-0.2, -0.15) is 13.2 Å². The van der Waals surface area contributed by atoms with Crippen molar-refractivity contribution in [3.63, 3.8) is 0 Å². The highest BCUT2D eigenvalue weighted by Crippen LogP contribution is 2.32. The minimum absolute atomic E-state index is 0.208. The maximum absolute atomic E-state index is 12.7. The van der Waals surface area contributed by atoms with Crippen LogP contribution in [0.25, 0.3) is 11.3 Å². The molecule has 3 aromatic rings. The minimum atomic E-state index is -4.38. The lowest BCUT2D eigenvalue weighted by molar-refractivity contribution is -0.211. The van der Waals surface area contributed by atoms with E-state index in [-0.39, 0.29) is 6.61 Å². The molecule has 0 spiro atoms. The summed E-state index contributed by atoms with van der Waals surface area (Å²) < 4.78 is 49.6. The molecular weight excluding hydrogens is 401 g/mol. The molecule has 2 aromatic carbocycles. The fraction of sp³-hybridized carbons (Fsp3) is 0.227. The Kier molecular flexibility index (Phi) is 6.05. The van der Waals surface area contributed by atoms with Gasteiger partial charge in [-0.25, -0.2) is 4.79 Å².